The van der Waals surface area contributed by atoms with Crippen molar-refractivity contribution < 1.29 is 14.3 Å². The molecule has 142 valence electrons. The molecule has 4 rings (SSSR count). The van der Waals surface area contributed by atoms with Gasteiger partial charge < -0.3 is 19.7 Å². The van der Waals surface area contributed by atoms with Crippen LogP contribution in [0.1, 0.15) is 46.3 Å². The first-order chi connectivity index (χ1) is 13.2. The molecule has 2 aromatic rings. The van der Waals surface area contributed by atoms with Crippen LogP contribution in [-0.4, -0.2) is 48.1 Å². The molecule has 1 amide bonds. The van der Waals surface area contributed by atoms with Gasteiger partial charge in [-0.15, -0.1) is 0 Å². The van der Waals surface area contributed by atoms with E-state index in [-0.39, 0.29) is 11.9 Å². The maximum atomic E-state index is 13.3. The van der Waals surface area contributed by atoms with Crippen LogP contribution in [0.25, 0.3) is 0 Å². The molecule has 7 heteroatoms. The fraction of sp³-hybridized carbons (Fsp3) is 0.450. The van der Waals surface area contributed by atoms with Crippen molar-refractivity contribution in [1.82, 2.24) is 20.2 Å². The van der Waals surface area contributed by atoms with E-state index in [1.807, 2.05) is 11.1 Å². The minimum absolute atomic E-state index is 0.0729. The van der Waals surface area contributed by atoms with Gasteiger partial charge in [-0.2, -0.15) is 0 Å². The summed E-state index contributed by atoms with van der Waals surface area (Å²) in [5.41, 5.74) is 2.75. The lowest BCUT2D eigenvalue weighted by atomic mass is 10.1. The lowest BCUT2D eigenvalue weighted by Gasteiger charge is -2.26. The van der Waals surface area contributed by atoms with E-state index in [4.69, 9.17) is 14.5 Å². The number of nitrogens with one attached hydrogen (secondary N) is 1. The van der Waals surface area contributed by atoms with Crippen molar-refractivity contribution >= 4 is 5.91 Å². The number of hydrogen-bond acceptors (Lipinski definition) is 6. The Balaban J connectivity index is 1.64. The van der Waals surface area contributed by atoms with Gasteiger partial charge in [0.25, 0.3) is 5.91 Å². The van der Waals surface area contributed by atoms with Gasteiger partial charge >= 0.3 is 0 Å². The van der Waals surface area contributed by atoms with Crippen LogP contribution in [-0.2, 0) is 13.0 Å². The van der Waals surface area contributed by atoms with Crippen molar-refractivity contribution in [3.8, 4) is 11.5 Å². The van der Waals surface area contributed by atoms with Gasteiger partial charge in [-0.05, 0) is 31.0 Å². The van der Waals surface area contributed by atoms with E-state index >= 15 is 0 Å². The Morgan fingerprint density at radius 1 is 1.30 bits per heavy atom. The molecule has 27 heavy (non-hydrogen) atoms. The first-order valence-corrected chi connectivity index (χ1v) is 9.29. The number of fused-ring (bicyclic) bond motifs is 1. The zero-order valence-electron chi connectivity index (χ0n) is 15.7. The number of rotatable bonds is 4. The highest BCUT2D eigenvalue weighted by Crippen LogP contribution is 2.34. The van der Waals surface area contributed by atoms with E-state index in [2.05, 4.69) is 10.3 Å². The summed E-state index contributed by atoms with van der Waals surface area (Å²) in [5, 5.41) is 3.33. The maximum absolute atomic E-state index is 13.3. The summed E-state index contributed by atoms with van der Waals surface area (Å²) >= 11 is 0. The van der Waals surface area contributed by atoms with Crippen LogP contribution >= 0.6 is 0 Å². The number of ether oxygens (including phenoxy) is 2. The number of amides is 1. The Morgan fingerprint density at radius 2 is 2.19 bits per heavy atom. The smallest absolute Gasteiger partial charge is 0.258 e. The molecule has 7 nitrogen and oxygen atoms in total. The Bertz CT molecular complexity index is 855. The zero-order chi connectivity index (χ0) is 18.8. The van der Waals surface area contributed by atoms with Crippen LogP contribution in [0.15, 0.2) is 24.4 Å². The molecule has 1 fully saturated rings. The van der Waals surface area contributed by atoms with Crippen LogP contribution < -0.4 is 14.8 Å². The minimum Gasteiger partial charge on any atom is -0.497 e. The summed E-state index contributed by atoms with van der Waals surface area (Å²) in [6.45, 7) is 2.42. The van der Waals surface area contributed by atoms with Crippen molar-refractivity contribution in [2.75, 3.05) is 27.3 Å². The van der Waals surface area contributed by atoms with Crippen LogP contribution in [0, 0.1) is 0 Å². The second kappa shape index (κ2) is 7.52. The van der Waals surface area contributed by atoms with Crippen molar-refractivity contribution in [1.29, 1.82) is 0 Å². The third-order valence-electron chi connectivity index (χ3n) is 5.28. The average molecular weight is 368 g/mol. The van der Waals surface area contributed by atoms with Gasteiger partial charge in [0.1, 0.15) is 11.5 Å². The summed E-state index contributed by atoms with van der Waals surface area (Å²) in [6, 6.07) is 5.18. The largest absolute Gasteiger partial charge is 0.497 e. The Kier molecular flexibility index (Phi) is 4.94. The summed E-state index contributed by atoms with van der Waals surface area (Å²) in [6.07, 6.45) is 4.60. The van der Waals surface area contributed by atoms with E-state index in [1.165, 1.54) is 0 Å². The number of hydrogen-bond donors (Lipinski definition) is 1. The Hall–Kier alpha value is -2.67. The van der Waals surface area contributed by atoms with Crippen LogP contribution in [0.4, 0.5) is 0 Å². The van der Waals surface area contributed by atoms with Gasteiger partial charge in [0.15, 0.2) is 5.82 Å². The maximum Gasteiger partial charge on any atom is 0.258 e. The summed E-state index contributed by atoms with van der Waals surface area (Å²) in [7, 11) is 3.16. The van der Waals surface area contributed by atoms with Gasteiger partial charge in [-0.25, -0.2) is 9.97 Å². The second-order valence-corrected chi connectivity index (χ2v) is 6.85. The number of methoxy groups -OCH3 is 2. The molecule has 0 aliphatic carbocycles. The quantitative estimate of drug-likeness (QED) is 0.891. The highest BCUT2D eigenvalue weighted by molar-refractivity contribution is 5.97. The van der Waals surface area contributed by atoms with E-state index in [9.17, 15) is 4.79 Å². The molecule has 2 aliphatic heterocycles. The van der Waals surface area contributed by atoms with E-state index in [0.717, 1.165) is 49.4 Å². The third kappa shape index (κ3) is 3.35. The van der Waals surface area contributed by atoms with Gasteiger partial charge in [-0.1, -0.05) is 0 Å². The molecule has 0 bridgehead atoms. The molecule has 0 saturated carbocycles. The van der Waals surface area contributed by atoms with Crippen molar-refractivity contribution in [3.05, 3.63) is 47.0 Å². The predicted octanol–water partition coefficient (Wildman–Crippen LogP) is 2.12. The Labute approximate surface area is 158 Å². The molecule has 1 saturated heterocycles. The molecular weight excluding hydrogens is 344 g/mol. The highest BCUT2D eigenvalue weighted by atomic mass is 16.5. The predicted molar refractivity (Wildman–Crippen MR) is 100 cm³/mol. The number of likely N-dealkylation sites (tertiary alicyclic amines) is 1. The number of benzene rings is 1. The standard InChI is InChI=1S/C20H24N4O3/c1-26-14-5-6-18(27-2)15(10-14)20(25)24-9-3-4-17(24)19-22-12-13-11-21-8-7-16(13)23-19/h5-6,10,12,17,21H,3-4,7-9,11H2,1-2H3. The summed E-state index contributed by atoms with van der Waals surface area (Å²) in [5.74, 6) is 1.84. The SMILES string of the molecule is COc1ccc(OC)c(C(=O)N2CCCC2c2ncc3c(n2)CCNC3)c1. The fourth-order valence-electron chi connectivity index (χ4n) is 3.83. The van der Waals surface area contributed by atoms with Crippen LogP contribution in [0.3, 0.4) is 0 Å². The molecule has 1 unspecified atom stereocenters. The lowest BCUT2D eigenvalue weighted by Crippen LogP contribution is -2.32. The number of carbonyl (C=O) groups excluding carboxylic acids is 1. The van der Waals surface area contributed by atoms with Crippen LogP contribution in [0.2, 0.25) is 0 Å². The van der Waals surface area contributed by atoms with Crippen molar-refractivity contribution in [3.63, 3.8) is 0 Å². The monoisotopic (exact) mass is 368 g/mol. The zero-order valence-corrected chi connectivity index (χ0v) is 15.7. The van der Waals surface area contributed by atoms with Gasteiger partial charge in [0, 0.05) is 43.5 Å². The molecule has 2 aliphatic rings. The van der Waals surface area contributed by atoms with Gasteiger partial charge in [-0.3, -0.25) is 4.79 Å². The summed E-state index contributed by atoms with van der Waals surface area (Å²) in [4.78, 5) is 24.5. The molecule has 1 aromatic heterocycles. The fourth-order valence-corrected chi connectivity index (χ4v) is 3.83. The van der Waals surface area contributed by atoms with Crippen LogP contribution in [0.5, 0.6) is 11.5 Å². The normalized spacial score (nSPS) is 18.9. The molecule has 0 spiro atoms. The second-order valence-electron chi connectivity index (χ2n) is 6.85. The molecule has 1 atom stereocenters. The third-order valence-corrected chi connectivity index (χ3v) is 5.28. The first-order valence-electron chi connectivity index (χ1n) is 9.29. The Morgan fingerprint density at radius 3 is 3.00 bits per heavy atom. The number of carbonyl (C=O) groups is 1. The molecule has 3 heterocycles. The van der Waals surface area contributed by atoms with Gasteiger partial charge in [0.2, 0.25) is 0 Å². The van der Waals surface area contributed by atoms with E-state index < -0.39 is 0 Å². The lowest BCUT2D eigenvalue weighted by molar-refractivity contribution is 0.0725. The topological polar surface area (TPSA) is 76.6 Å². The van der Waals surface area contributed by atoms with E-state index in [0.29, 0.717) is 23.6 Å². The number of nitrogens with zero attached hydrogens (tertiary/aromatic N) is 3. The number of aromatic nitrogens is 2. The average Bonchev–Trinajstić information content (AvgIpc) is 3.22. The van der Waals surface area contributed by atoms with Crippen molar-refractivity contribution in [2.24, 2.45) is 0 Å². The molecular formula is C20H24N4O3. The minimum atomic E-state index is -0.103. The molecule has 1 N–H and O–H groups in total. The molecule has 0 radical (unpaired) electrons. The summed E-state index contributed by atoms with van der Waals surface area (Å²) < 4.78 is 10.7. The van der Waals surface area contributed by atoms with Gasteiger partial charge in [0.05, 0.1) is 25.8 Å². The van der Waals surface area contributed by atoms with Crippen molar-refractivity contribution in [2.45, 2.75) is 31.8 Å². The highest BCUT2D eigenvalue weighted by Gasteiger charge is 2.34. The first kappa shape index (κ1) is 17.7. The van der Waals surface area contributed by atoms with E-state index in [1.54, 1.807) is 32.4 Å². The molecule has 1 aromatic carbocycles.